The van der Waals surface area contributed by atoms with Gasteiger partial charge in [-0.1, -0.05) is 24.3 Å². The van der Waals surface area contributed by atoms with E-state index in [0.29, 0.717) is 30.8 Å². The zero-order chi connectivity index (χ0) is 25.6. The van der Waals surface area contributed by atoms with Gasteiger partial charge in [0, 0.05) is 43.9 Å². The Bertz CT molecular complexity index is 1220. The number of benzene rings is 3. The van der Waals surface area contributed by atoms with Gasteiger partial charge in [0.2, 0.25) is 5.91 Å². The molecule has 2 aliphatic rings. The van der Waals surface area contributed by atoms with Crippen molar-refractivity contribution in [2.24, 2.45) is 0 Å². The maximum absolute atomic E-state index is 13.5. The molecule has 192 valence electrons. The van der Waals surface area contributed by atoms with E-state index in [2.05, 4.69) is 0 Å². The Balaban J connectivity index is 1.25. The minimum absolute atomic E-state index is 0.0271. The lowest BCUT2D eigenvalue weighted by Crippen LogP contribution is -2.37. The number of rotatable bonds is 9. The molecular formula is C30H31FN2O4. The minimum atomic E-state index is -0.286. The summed E-state index contributed by atoms with van der Waals surface area (Å²) >= 11 is 0. The van der Waals surface area contributed by atoms with Crippen molar-refractivity contribution in [3.63, 3.8) is 0 Å². The Morgan fingerprint density at radius 2 is 1.84 bits per heavy atom. The fourth-order valence-electron chi connectivity index (χ4n) is 4.85. The zero-order valence-electron chi connectivity index (χ0n) is 20.8. The third-order valence-electron chi connectivity index (χ3n) is 6.83. The van der Waals surface area contributed by atoms with E-state index in [-0.39, 0.29) is 30.3 Å². The van der Waals surface area contributed by atoms with Crippen LogP contribution in [-0.4, -0.2) is 42.5 Å². The van der Waals surface area contributed by atoms with E-state index < -0.39 is 0 Å². The van der Waals surface area contributed by atoms with Crippen LogP contribution in [0.15, 0.2) is 72.8 Å². The molecule has 0 radical (unpaired) electrons. The largest absolute Gasteiger partial charge is 0.489 e. The van der Waals surface area contributed by atoms with Gasteiger partial charge in [0.1, 0.15) is 18.2 Å². The van der Waals surface area contributed by atoms with Gasteiger partial charge in [-0.3, -0.25) is 9.59 Å². The summed E-state index contributed by atoms with van der Waals surface area (Å²) in [4.78, 5) is 29.2. The summed E-state index contributed by atoms with van der Waals surface area (Å²) in [6, 6.07) is 21.3. The molecule has 0 bridgehead atoms. The molecule has 2 saturated heterocycles. The maximum Gasteiger partial charge on any atom is 0.254 e. The normalized spacial score (nSPS) is 17.3. The summed E-state index contributed by atoms with van der Waals surface area (Å²) in [7, 11) is 0. The Labute approximate surface area is 216 Å². The average Bonchev–Trinajstić information content (AvgIpc) is 3.59. The Kier molecular flexibility index (Phi) is 7.80. The SMILES string of the molecule is O=C(c1ccc(N2CCCC2=O)cc1)N(Cc1ccc(OCc2cccc(F)c2)cc1)C[C@@H]1CCCO1. The molecule has 0 N–H and O–H groups in total. The molecule has 2 heterocycles. The van der Waals surface area contributed by atoms with E-state index in [1.165, 1.54) is 12.1 Å². The lowest BCUT2D eigenvalue weighted by Gasteiger charge is -2.26. The van der Waals surface area contributed by atoms with Crippen molar-refractivity contribution in [1.29, 1.82) is 0 Å². The van der Waals surface area contributed by atoms with Gasteiger partial charge >= 0.3 is 0 Å². The molecule has 0 saturated carbocycles. The fraction of sp³-hybridized carbons (Fsp3) is 0.333. The van der Waals surface area contributed by atoms with E-state index in [4.69, 9.17) is 9.47 Å². The molecule has 3 aromatic rings. The first kappa shape index (κ1) is 25.0. The number of anilines is 1. The van der Waals surface area contributed by atoms with Crippen LogP contribution in [0.5, 0.6) is 5.75 Å². The third-order valence-corrected chi connectivity index (χ3v) is 6.83. The van der Waals surface area contributed by atoms with Crippen molar-refractivity contribution in [2.45, 2.75) is 44.9 Å². The van der Waals surface area contributed by atoms with Crippen LogP contribution in [0.25, 0.3) is 0 Å². The summed E-state index contributed by atoms with van der Waals surface area (Å²) in [5.74, 6) is 0.451. The van der Waals surface area contributed by atoms with Crippen molar-refractivity contribution in [2.75, 3.05) is 24.6 Å². The van der Waals surface area contributed by atoms with Crippen LogP contribution in [0, 0.1) is 5.82 Å². The standard InChI is InChI=1S/C30H31FN2O4/c31-25-5-1-4-23(18-25)21-37-27-14-8-22(9-15-27)19-32(20-28-6-3-17-36-28)30(35)24-10-12-26(13-11-24)33-16-2-7-29(33)34/h1,4-5,8-15,18,28H,2-3,6-7,16-17,19-21H2/t28-/m0/s1. The van der Waals surface area contributed by atoms with Crippen LogP contribution in [0.2, 0.25) is 0 Å². The van der Waals surface area contributed by atoms with Crippen LogP contribution >= 0.6 is 0 Å². The average molecular weight is 503 g/mol. The Morgan fingerprint density at radius 3 is 2.51 bits per heavy atom. The molecule has 2 aliphatic heterocycles. The minimum Gasteiger partial charge on any atom is -0.489 e. The Hall–Kier alpha value is -3.71. The molecular weight excluding hydrogens is 471 g/mol. The van der Waals surface area contributed by atoms with E-state index in [0.717, 1.165) is 49.2 Å². The number of carbonyl (C=O) groups excluding carboxylic acids is 2. The summed E-state index contributed by atoms with van der Waals surface area (Å²) in [6.07, 6.45) is 3.41. The number of hydrogen-bond acceptors (Lipinski definition) is 4. The number of hydrogen-bond donors (Lipinski definition) is 0. The van der Waals surface area contributed by atoms with Gasteiger partial charge in [0.05, 0.1) is 6.10 Å². The predicted molar refractivity (Wildman–Crippen MR) is 139 cm³/mol. The van der Waals surface area contributed by atoms with E-state index in [9.17, 15) is 14.0 Å². The summed E-state index contributed by atoms with van der Waals surface area (Å²) in [5.41, 5.74) is 3.16. The number of halogens is 1. The molecule has 2 amide bonds. The second-order valence-corrected chi connectivity index (χ2v) is 9.58. The molecule has 1 atom stereocenters. The van der Waals surface area contributed by atoms with Crippen LogP contribution in [0.4, 0.5) is 10.1 Å². The molecule has 0 spiro atoms. The zero-order valence-corrected chi connectivity index (χ0v) is 20.8. The first-order valence-electron chi connectivity index (χ1n) is 12.8. The van der Waals surface area contributed by atoms with E-state index in [1.807, 2.05) is 47.4 Å². The van der Waals surface area contributed by atoms with Crippen molar-refractivity contribution in [1.82, 2.24) is 4.90 Å². The second-order valence-electron chi connectivity index (χ2n) is 9.58. The molecule has 0 unspecified atom stereocenters. The summed E-state index contributed by atoms with van der Waals surface area (Å²) in [6.45, 7) is 2.68. The third kappa shape index (κ3) is 6.35. The summed E-state index contributed by atoms with van der Waals surface area (Å²) < 4.78 is 25.0. The molecule has 0 aliphatic carbocycles. The van der Waals surface area contributed by atoms with Crippen LogP contribution < -0.4 is 9.64 Å². The van der Waals surface area contributed by atoms with Gasteiger partial charge in [-0.15, -0.1) is 0 Å². The molecule has 3 aromatic carbocycles. The van der Waals surface area contributed by atoms with Gasteiger partial charge in [-0.25, -0.2) is 4.39 Å². The molecule has 0 aromatic heterocycles. The number of carbonyl (C=O) groups is 2. The van der Waals surface area contributed by atoms with Crippen LogP contribution in [0.3, 0.4) is 0 Å². The highest BCUT2D eigenvalue weighted by Crippen LogP contribution is 2.24. The first-order chi connectivity index (χ1) is 18.0. The van der Waals surface area contributed by atoms with Gasteiger partial charge in [-0.2, -0.15) is 0 Å². The quantitative estimate of drug-likeness (QED) is 0.396. The molecule has 2 fully saturated rings. The van der Waals surface area contributed by atoms with Crippen LogP contribution in [0.1, 0.15) is 47.2 Å². The molecule has 37 heavy (non-hydrogen) atoms. The maximum atomic E-state index is 13.5. The van der Waals surface area contributed by atoms with Gasteiger partial charge in [0.25, 0.3) is 5.91 Å². The predicted octanol–water partition coefficient (Wildman–Crippen LogP) is 5.35. The topological polar surface area (TPSA) is 59.1 Å². The molecule has 6 nitrogen and oxygen atoms in total. The number of nitrogens with zero attached hydrogens (tertiary/aromatic N) is 2. The Morgan fingerprint density at radius 1 is 1.03 bits per heavy atom. The van der Waals surface area contributed by atoms with Crippen molar-refractivity contribution < 1.29 is 23.5 Å². The second kappa shape index (κ2) is 11.6. The van der Waals surface area contributed by atoms with Gasteiger partial charge in [0.15, 0.2) is 0 Å². The van der Waals surface area contributed by atoms with Gasteiger partial charge < -0.3 is 19.3 Å². The fourth-order valence-corrected chi connectivity index (χ4v) is 4.85. The lowest BCUT2D eigenvalue weighted by molar-refractivity contribution is -0.117. The summed E-state index contributed by atoms with van der Waals surface area (Å²) in [5, 5.41) is 0. The van der Waals surface area contributed by atoms with Crippen molar-refractivity contribution >= 4 is 17.5 Å². The molecule has 7 heteroatoms. The molecule has 5 rings (SSSR count). The van der Waals surface area contributed by atoms with E-state index >= 15 is 0 Å². The smallest absolute Gasteiger partial charge is 0.254 e. The van der Waals surface area contributed by atoms with E-state index in [1.54, 1.807) is 23.1 Å². The number of ether oxygens (including phenoxy) is 2. The van der Waals surface area contributed by atoms with Crippen molar-refractivity contribution in [3.05, 3.63) is 95.3 Å². The van der Waals surface area contributed by atoms with Crippen molar-refractivity contribution in [3.8, 4) is 5.75 Å². The number of amides is 2. The highest BCUT2D eigenvalue weighted by Gasteiger charge is 2.25. The lowest BCUT2D eigenvalue weighted by atomic mass is 10.1. The first-order valence-corrected chi connectivity index (χ1v) is 12.8. The monoisotopic (exact) mass is 502 g/mol. The van der Waals surface area contributed by atoms with Crippen LogP contribution in [-0.2, 0) is 22.7 Å². The van der Waals surface area contributed by atoms with Gasteiger partial charge in [-0.05, 0) is 78.9 Å². The highest BCUT2D eigenvalue weighted by atomic mass is 19.1. The highest BCUT2D eigenvalue weighted by molar-refractivity contribution is 5.97.